The summed E-state index contributed by atoms with van der Waals surface area (Å²) in [5, 5.41) is 4.93. The molecule has 2 nitrogen and oxygen atoms in total. The van der Waals surface area contributed by atoms with Crippen molar-refractivity contribution in [1.82, 2.24) is 9.13 Å². The van der Waals surface area contributed by atoms with Crippen molar-refractivity contribution < 1.29 is 0 Å². The molecule has 2 heteroatoms. The summed E-state index contributed by atoms with van der Waals surface area (Å²) in [6, 6.07) is 126. The largest absolute Gasteiger partial charge is 0.309 e. The van der Waals surface area contributed by atoms with Crippen LogP contribution in [0.1, 0.15) is 22.3 Å². The topological polar surface area (TPSA) is 9.86 Å². The molecule has 0 spiro atoms. The maximum absolute atomic E-state index is 2.46. The van der Waals surface area contributed by atoms with E-state index < -0.39 is 5.41 Å². The van der Waals surface area contributed by atoms with Gasteiger partial charge in [0, 0.05) is 32.7 Å². The van der Waals surface area contributed by atoms with Crippen molar-refractivity contribution >= 4 is 43.6 Å². The number of rotatable bonds is 10. The van der Waals surface area contributed by atoms with E-state index in [-0.39, 0.29) is 0 Å². The molecule has 0 atom stereocenters. The Balaban J connectivity index is 0.696. The quantitative estimate of drug-likeness (QED) is 0.129. The molecule has 0 amide bonds. The van der Waals surface area contributed by atoms with Crippen LogP contribution in [0.15, 0.2) is 340 Å². The second-order valence-electron chi connectivity index (χ2n) is 23.1. The number of para-hydroxylation sites is 4. The molecule has 0 unspecified atom stereocenters. The Morgan fingerprint density at radius 1 is 0.184 bits per heavy atom. The maximum atomic E-state index is 2.46. The van der Waals surface area contributed by atoms with Crippen LogP contribution in [0.5, 0.6) is 0 Å². The van der Waals surface area contributed by atoms with Crippen molar-refractivity contribution in [3.63, 3.8) is 0 Å². The molecule has 0 radical (unpaired) electrons. The minimum absolute atomic E-state index is 0.515. The molecule has 0 N–H and O–H groups in total. The minimum atomic E-state index is -0.515. The van der Waals surface area contributed by atoms with Crippen molar-refractivity contribution in [1.29, 1.82) is 0 Å². The summed E-state index contributed by atoms with van der Waals surface area (Å²) in [6.45, 7) is 0. The summed E-state index contributed by atoms with van der Waals surface area (Å²) in [6.07, 6.45) is 0. The summed E-state index contributed by atoms with van der Waals surface area (Å²) >= 11 is 0. The highest BCUT2D eigenvalue weighted by molar-refractivity contribution is 6.13. The Bertz CT molecular complexity index is 5270. The lowest BCUT2D eigenvalue weighted by Crippen LogP contribution is -2.28. The Hall–Kier alpha value is -11.3. The first-order valence-corrected chi connectivity index (χ1v) is 30.1. The molecular weight excluding hydrogens is 1050 g/mol. The van der Waals surface area contributed by atoms with Crippen LogP contribution in [-0.4, -0.2) is 9.13 Å². The van der Waals surface area contributed by atoms with E-state index in [0.29, 0.717) is 0 Å². The van der Waals surface area contributed by atoms with E-state index in [9.17, 15) is 0 Å². The summed E-state index contributed by atoms with van der Waals surface area (Å²) in [5.41, 5.74) is 28.6. The number of benzene rings is 14. The SMILES string of the molecule is c1ccc(-c2cccc(C3(c4cccc(-c5ccc(-c6ccc(-c7ccccc7-n7c8ccccc8c8cc(-c9ccc%10c(c9)c9ccccc9n%10-c9ccccc9-c9ccccc9)ccc87)cc6)cc5)c4)c4ccccc4-c4ccccc43)c2)cc1. The van der Waals surface area contributed by atoms with E-state index in [1.54, 1.807) is 0 Å². The lowest BCUT2D eigenvalue weighted by Gasteiger charge is -2.34. The second kappa shape index (κ2) is 20.5. The smallest absolute Gasteiger partial charge is 0.0713 e. The van der Waals surface area contributed by atoms with Crippen LogP contribution in [0, 0.1) is 0 Å². The van der Waals surface area contributed by atoms with E-state index >= 15 is 0 Å². The van der Waals surface area contributed by atoms with Gasteiger partial charge < -0.3 is 9.13 Å². The van der Waals surface area contributed by atoms with Gasteiger partial charge in [-0.25, -0.2) is 0 Å². The molecule has 1 aliphatic carbocycles. The molecule has 0 saturated heterocycles. The molecule has 0 saturated carbocycles. The lowest BCUT2D eigenvalue weighted by molar-refractivity contribution is 0.769. The fourth-order valence-corrected chi connectivity index (χ4v) is 14.5. The van der Waals surface area contributed by atoms with Crippen molar-refractivity contribution in [3.8, 4) is 89.3 Å². The number of fused-ring (bicyclic) bond motifs is 9. The molecular formula is C85H56N2. The predicted octanol–water partition coefficient (Wildman–Crippen LogP) is 22.2. The van der Waals surface area contributed by atoms with Crippen molar-refractivity contribution in [2.24, 2.45) is 0 Å². The van der Waals surface area contributed by atoms with Crippen LogP contribution >= 0.6 is 0 Å². The molecule has 2 heterocycles. The Morgan fingerprint density at radius 2 is 0.494 bits per heavy atom. The first-order chi connectivity index (χ1) is 43.2. The Morgan fingerprint density at radius 3 is 0.977 bits per heavy atom. The van der Waals surface area contributed by atoms with Crippen molar-refractivity contribution in [3.05, 3.63) is 362 Å². The fourth-order valence-electron chi connectivity index (χ4n) is 14.5. The molecule has 1 aliphatic rings. The van der Waals surface area contributed by atoms with Crippen LogP contribution in [0.4, 0.5) is 0 Å². The van der Waals surface area contributed by atoms with Gasteiger partial charge in [0.1, 0.15) is 0 Å². The predicted molar refractivity (Wildman–Crippen MR) is 365 cm³/mol. The maximum Gasteiger partial charge on any atom is 0.0713 e. The van der Waals surface area contributed by atoms with Gasteiger partial charge >= 0.3 is 0 Å². The molecule has 16 aromatic rings. The van der Waals surface area contributed by atoms with Crippen LogP contribution in [0.3, 0.4) is 0 Å². The van der Waals surface area contributed by atoms with Crippen molar-refractivity contribution in [2.45, 2.75) is 5.41 Å². The van der Waals surface area contributed by atoms with Gasteiger partial charge in [-0.3, -0.25) is 0 Å². The molecule has 2 aromatic heterocycles. The third-order valence-corrected chi connectivity index (χ3v) is 18.5. The average molecular weight is 1110 g/mol. The molecule has 14 aromatic carbocycles. The van der Waals surface area contributed by atoms with Crippen LogP contribution in [-0.2, 0) is 5.41 Å². The molecule has 406 valence electrons. The monoisotopic (exact) mass is 1100 g/mol. The van der Waals surface area contributed by atoms with Crippen molar-refractivity contribution in [2.75, 3.05) is 0 Å². The van der Waals surface area contributed by atoms with Gasteiger partial charge in [0.05, 0.1) is 38.9 Å². The summed E-state index contributed by atoms with van der Waals surface area (Å²) in [5.74, 6) is 0. The van der Waals surface area contributed by atoms with Crippen LogP contribution in [0.2, 0.25) is 0 Å². The van der Waals surface area contributed by atoms with Gasteiger partial charge in [0.15, 0.2) is 0 Å². The summed E-state index contributed by atoms with van der Waals surface area (Å²) in [7, 11) is 0. The minimum Gasteiger partial charge on any atom is -0.309 e. The highest BCUT2D eigenvalue weighted by atomic mass is 15.0. The van der Waals surface area contributed by atoms with Gasteiger partial charge in [-0.15, -0.1) is 0 Å². The molecule has 0 bridgehead atoms. The van der Waals surface area contributed by atoms with Gasteiger partial charge in [0.25, 0.3) is 0 Å². The summed E-state index contributed by atoms with van der Waals surface area (Å²) in [4.78, 5) is 0. The Kier molecular flexibility index (Phi) is 11.8. The number of nitrogens with zero attached hydrogens (tertiary/aromatic N) is 2. The van der Waals surface area contributed by atoms with E-state index in [4.69, 9.17) is 0 Å². The molecule has 87 heavy (non-hydrogen) atoms. The lowest BCUT2D eigenvalue weighted by atomic mass is 9.67. The highest BCUT2D eigenvalue weighted by Gasteiger charge is 2.46. The summed E-state index contributed by atoms with van der Waals surface area (Å²) < 4.78 is 4.90. The first-order valence-electron chi connectivity index (χ1n) is 30.1. The number of hydrogen-bond donors (Lipinski definition) is 0. The zero-order valence-electron chi connectivity index (χ0n) is 47.7. The van der Waals surface area contributed by atoms with E-state index in [1.165, 1.54) is 149 Å². The number of aromatic nitrogens is 2. The Labute approximate surface area is 506 Å². The zero-order chi connectivity index (χ0) is 57.4. The number of hydrogen-bond acceptors (Lipinski definition) is 0. The average Bonchev–Trinajstić information content (AvgIpc) is 1.96. The third-order valence-electron chi connectivity index (χ3n) is 18.5. The van der Waals surface area contributed by atoms with Crippen LogP contribution < -0.4 is 0 Å². The molecule has 0 aliphatic heterocycles. The van der Waals surface area contributed by atoms with Gasteiger partial charge in [-0.1, -0.05) is 279 Å². The molecule has 0 fully saturated rings. The highest BCUT2D eigenvalue weighted by Crippen LogP contribution is 2.57. The van der Waals surface area contributed by atoms with E-state index in [2.05, 4.69) is 349 Å². The van der Waals surface area contributed by atoms with Gasteiger partial charge in [-0.2, -0.15) is 0 Å². The third kappa shape index (κ3) is 8.10. The standard InChI is InChI=1S/C85H56N2/c1-3-21-57(22-4-1)63-25-19-27-67(53-63)85(77-35-13-7-31-71(77)72-32-8-14-36-78(72)85)68-28-20-26-64(54-68)60-43-41-58(42-44-60)59-45-47-62(48-46-59)70-30-10-16-38-80(70)87-82-40-18-12-34-74(82)76-56-66(50-52-84(76)87)65-49-51-83-75(55-65)73-33-11-17-39-81(73)86(83)79-37-15-9-29-69(79)61-23-5-2-6-24-61/h1-56H. The zero-order valence-corrected chi connectivity index (χ0v) is 47.7. The van der Waals surface area contributed by atoms with E-state index in [0.717, 1.165) is 5.69 Å². The molecule has 17 rings (SSSR count). The van der Waals surface area contributed by atoms with E-state index in [1.807, 2.05) is 0 Å². The fraction of sp³-hybridized carbons (Fsp3) is 0.0118. The first kappa shape index (κ1) is 50.2. The normalized spacial score (nSPS) is 12.5. The van der Waals surface area contributed by atoms with Gasteiger partial charge in [-0.05, 0) is 150 Å². The van der Waals surface area contributed by atoms with Gasteiger partial charge in [0.2, 0.25) is 0 Å². The van der Waals surface area contributed by atoms with Crippen LogP contribution in [0.25, 0.3) is 133 Å². The second-order valence-corrected chi connectivity index (χ2v) is 23.1.